The number of hydrogen-bond donors (Lipinski definition) is 5. The summed E-state index contributed by atoms with van der Waals surface area (Å²) in [6.45, 7) is 3.82. The first-order valence-corrected chi connectivity index (χ1v) is 17.9. The number of aliphatic hydroxyl groups is 2. The van der Waals surface area contributed by atoms with E-state index < -0.39 is 87.3 Å². The maximum Gasteiger partial charge on any atom is 0.253 e. The molecule has 0 aliphatic heterocycles. The number of nitrogens with one attached hydrogen (secondary N) is 3. The Kier molecular flexibility index (Phi) is 15.2. The van der Waals surface area contributed by atoms with Crippen molar-refractivity contribution in [3.63, 3.8) is 0 Å². The molecule has 3 aromatic rings. The van der Waals surface area contributed by atoms with Gasteiger partial charge in [-0.1, -0.05) is 57.0 Å². The Balaban J connectivity index is 1.89. The van der Waals surface area contributed by atoms with Crippen molar-refractivity contribution in [3.05, 3.63) is 101 Å². The molecule has 0 fully saturated rings. The van der Waals surface area contributed by atoms with Crippen LogP contribution < -0.4 is 16.0 Å². The van der Waals surface area contributed by atoms with E-state index in [1.165, 1.54) is 24.5 Å². The maximum absolute atomic E-state index is 14.1. The van der Waals surface area contributed by atoms with Crippen molar-refractivity contribution in [2.75, 3.05) is 5.75 Å². The van der Waals surface area contributed by atoms with Crippen molar-refractivity contribution in [2.45, 2.75) is 88.5 Å². The van der Waals surface area contributed by atoms with Crippen LogP contribution in [0, 0.1) is 11.6 Å². The molecule has 0 saturated carbocycles. The molecule has 14 heteroatoms. The number of aromatic nitrogens is 1. The first kappa shape index (κ1) is 39.2. The average Bonchev–Trinajstić information content (AvgIpc) is 3.06. The van der Waals surface area contributed by atoms with E-state index in [1.54, 1.807) is 24.3 Å². The largest absolute Gasteiger partial charge is 0.390 e. The van der Waals surface area contributed by atoms with Crippen molar-refractivity contribution in [3.8, 4) is 0 Å². The molecule has 0 aliphatic carbocycles. The second kappa shape index (κ2) is 19.1. The summed E-state index contributed by atoms with van der Waals surface area (Å²) in [6.07, 6.45) is -0.159. The van der Waals surface area contributed by atoms with Crippen LogP contribution in [0.2, 0.25) is 0 Å². The quantitative estimate of drug-likeness (QED) is 0.127. The number of carbonyl (C=O) groups excluding carboxylic acids is 3. The van der Waals surface area contributed by atoms with Crippen LogP contribution in [-0.4, -0.2) is 76.6 Å². The molecule has 3 amide bonds. The van der Waals surface area contributed by atoms with Crippen LogP contribution >= 0.6 is 0 Å². The monoisotopic (exact) mass is 702 g/mol. The highest BCUT2D eigenvalue weighted by Crippen LogP contribution is 2.19. The molecule has 3 rings (SSSR count). The molecular weight excluding hydrogens is 658 g/mol. The van der Waals surface area contributed by atoms with E-state index in [-0.39, 0.29) is 17.7 Å². The van der Waals surface area contributed by atoms with Gasteiger partial charge >= 0.3 is 0 Å². The van der Waals surface area contributed by atoms with Gasteiger partial charge in [0.15, 0.2) is 9.84 Å². The number of carbonyl (C=O) groups is 3. The number of nitrogens with zero attached hydrogens (tertiary/aromatic N) is 1. The Hall–Kier alpha value is -4.27. The zero-order valence-corrected chi connectivity index (χ0v) is 28.3. The van der Waals surface area contributed by atoms with Gasteiger partial charge in [-0.05, 0) is 54.7 Å². The highest BCUT2D eigenvalue weighted by atomic mass is 32.2. The molecule has 4 unspecified atom stereocenters. The molecule has 0 bridgehead atoms. The number of benzene rings is 2. The predicted octanol–water partition coefficient (Wildman–Crippen LogP) is 3.00. The number of sulfone groups is 1. The second-order valence-corrected chi connectivity index (χ2v) is 14.2. The summed E-state index contributed by atoms with van der Waals surface area (Å²) in [7, 11) is -3.96. The second-order valence-electron chi connectivity index (χ2n) is 11.9. The third kappa shape index (κ3) is 12.6. The third-order valence-corrected chi connectivity index (χ3v) is 10.2. The molecule has 49 heavy (non-hydrogen) atoms. The molecule has 1 heterocycles. The van der Waals surface area contributed by atoms with Crippen LogP contribution in [0.1, 0.15) is 67.4 Å². The summed E-state index contributed by atoms with van der Waals surface area (Å²) in [5, 5.41) is 28.9. The number of aliphatic hydroxyl groups excluding tert-OH is 2. The van der Waals surface area contributed by atoms with Gasteiger partial charge in [-0.3, -0.25) is 19.4 Å². The molecule has 0 radical (unpaired) electrons. The SMILES string of the molecule is CCCC(CCC)S(=O)(=O)CC(NC(=O)c1cccnc1)C(=O)NC(Cc1cc(F)cc(F)c1)C(O)C(O)CC(=O)NCc1ccccc1. The van der Waals surface area contributed by atoms with Crippen LogP contribution in [0.3, 0.4) is 0 Å². The molecule has 0 aliphatic rings. The lowest BCUT2D eigenvalue weighted by molar-refractivity contribution is -0.127. The molecule has 5 N–H and O–H groups in total. The van der Waals surface area contributed by atoms with Gasteiger partial charge in [0.1, 0.15) is 23.8 Å². The van der Waals surface area contributed by atoms with Crippen molar-refractivity contribution in [2.24, 2.45) is 0 Å². The molecule has 11 nitrogen and oxygen atoms in total. The molecule has 266 valence electrons. The van der Waals surface area contributed by atoms with Crippen LogP contribution in [0.25, 0.3) is 0 Å². The standard InChI is InChI=1S/C35H44F2N4O7S/c1-3-9-28(10-4-2)49(47,48)22-30(41-34(45)25-13-8-14-38-21-25)35(46)40-29(17-24-15-26(36)18-27(37)16-24)33(44)31(42)19-32(43)39-20-23-11-6-5-7-12-23/h5-8,11-16,18,21,28-31,33,42,44H,3-4,9-10,17,19-20,22H2,1-2H3,(H,39,43)(H,40,46)(H,41,45). The summed E-state index contributed by atoms with van der Waals surface area (Å²) in [5.74, 6) is -5.08. The van der Waals surface area contributed by atoms with Gasteiger partial charge in [-0.15, -0.1) is 0 Å². The van der Waals surface area contributed by atoms with Crippen molar-refractivity contribution >= 4 is 27.6 Å². The topological polar surface area (TPSA) is 175 Å². The lowest BCUT2D eigenvalue weighted by atomic mass is 9.95. The minimum absolute atomic E-state index is 0.00268. The Morgan fingerprint density at radius 2 is 1.53 bits per heavy atom. The van der Waals surface area contributed by atoms with Crippen LogP contribution in [-0.2, 0) is 32.4 Å². The zero-order valence-electron chi connectivity index (χ0n) is 27.5. The molecule has 4 atom stereocenters. The zero-order chi connectivity index (χ0) is 36.0. The first-order valence-electron chi connectivity index (χ1n) is 16.2. The number of pyridine rings is 1. The minimum Gasteiger partial charge on any atom is -0.390 e. The van der Waals surface area contributed by atoms with E-state index in [1.807, 2.05) is 19.9 Å². The lowest BCUT2D eigenvalue weighted by Gasteiger charge is -2.30. The third-order valence-electron chi connectivity index (χ3n) is 7.91. The molecular formula is C35H44F2N4O7S. The van der Waals surface area contributed by atoms with E-state index in [0.717, 1.165) is 17.7 Å². The number of hydrogen-bond acceptors (Lipinski definition) is 8. The van der Waals surface area contributed by atoms with Gasteiger partial charge in [-0.25, -0.2) is 17.2 Å². The normalized spacial score (nSPS) is 14.0. The average molecular weight is 703 g/mol. The van der Waals surface area contributed by atoms with E-state index in [9.17, 15) is 41.8 Å². The smallest absolute Gasteiger partial charge is 0.253 e. The first-order chi connectivity index (χ1) is 23.3. The summed E-state index contributed by atoms with van der Waals surface area (Å²) in [6, 6.07) is 11.3. The van der Waals surface area contributed by atoms with Crippen molar-refractivity contribution in [1.82, 2.24) is 20.9 Å². The summed E-state index contributed by atoms with van der Waals surface area (Å²) in [4.78, 5) is 43.5. The number of amides is 3. The Morgan fingerprint density at radius 1 is 0.878 bits per heavy atom. The fourth-order valence-corrected chi connectivity index (χ4v) is 7.57. The van der Waals surface area contributed by atoms with Gasteiger partial charge in [0.25, 0.3) is 5.91 Å². The predicted molar refractivity (Wildman–Crippen MR) is 180 cm³/mol. The van der Waals surface area contributed by atoms with E-state index in [2.05, 4.69) is 20.9 Å². The van der Waals surface area contributed by atoms with Gasteiger partial charge in [0.2, 0.25) is 11.8 Å². The van der Waals surface area contributed by atoms with E-state index in [4.69, 9.17) is 0 Å². The Morgan fingerprint density at radius 3 is 2.12 bits per heavy atom. The molecule has 0 spiro atoms. The highest BCUT2D eigenvalue weighted by molar-refractivity contribution is 7.92. The molecule has 0 saturated heterocycles. The molecule has 2 aromatic carbocycles. The van der Waals surface area contributed by atoms with Crippen molar-refractivity contribution in [1.29, 1.82) is 0 Å². The molecule has 1 aromatic heterocycles. The van der Waals surface area contributed by atoms with Crippen LogP contribution in [0.5, 0.6) is 0 Å². The van der Waals surface area contributed by atoms with Crippen LogP contribution in [0.15, 0.2) is 73.1 Å². The highest BCUT2D eigenvalue weighted by Gasteiger charge is 2.36. The maximum atomic E-state index is 14.1. The number of halogens is 2. The fraction of sp³-hybridized carbons (Fsp3) is 0.429. The fourth-order valence-electron chi connectivity index (χ4n) is 5.41. The summed E-state index contributed by atoms with van der Waals surface area (Å²) in [5.41, 5.74) is 0.843. The Bertz CT molecular complexity index is 1610. The van der Waals surface area contributed by atoms with Crippen LogP contribution in [0.4, 0.5) is 8.78 Å². The van der Waals surface area contributed by atoms with Gasteiger partial charge in [0, 0.05) is 25.0 Å². The van der Waals surface area contributed by atoms with E-state index >= 15 is 0 Å². The van der Waals surface area contributed by atoms with Gasteiger partial charge < -0.3 is 26.2 Å². The van der Waals surface area contributed by atoms with Gasteiger partial charge in [0.05, 0.1) is 35.1 Å². The minimum atomic E-state index is -3.96. The summed E-state index contributed by atoms with van der Waals surface area (Å²) < 4.78 is 55.3. The van der Waals surface area contributed by atoms with Gasteiger partial charge in [-0.2, -0.15) is 0 Å². The Labute approximate surface area is 285 Å². The lowest BCUT2D eigenvalue weighted by Crippen LogP contribution is -2.57. The number of rotatable bonds is 19. The van der Waals surface area contributed by atoms with Crippen molar-refractivity contribution < 1.29 is 41.8 Å². The van der Waals surface area contributed by atoms with E-state index in [0.29, 0.717) is 31.7 Å². The summed E-state index contributed by atoms with van der Waals surface area (Å²) >= 11 is 0.